The maximum absolute atomic E-state index is 6.19. The van der Waals surface area contributed by atoms with Crippen molar-refractivity contribution < 1.29 is 0 Å². The molecule has 0 atom stereocenters. The summed E-state index contributed by atoms with van der Waals surface area (Å²) in [4.78, 5) is 4.29. The zero-order chi connectivity index (χ0) is 15.2. The third-order valence-electron chi connectivity index (χ3n) is 2.80. The molecular formula is C17H20ClN3. The Labute approximate surface area is 130 Å². The number of rotatable bonds is 2. The smallest absolute Gasteiger partial charge is 0.111 e. The summed E-state index contributed by atoms with van der Waals surface area (Å²) in [6, 6.07) is 9.89. The molecule has 0 N–H and O–H groups in total. The van der Waals surface area contributed by atoms with Gasteiger partial charge in [-0.3, -0.25) is 9.67 Å². The number of aryl methyl sites for hydroxylation is 1. The highest BCUT2D eigenvalue weighted by Gasteiger charge is 2.06. The first-order valence-electron chi connectivity index (χ1n) is 7.17. The van der Waals surface area contributed by atoms with Crippen molar-refractivity contribution in [1.82, 2.24) is 14.8 Å². The zero-order valence-corrected chi connectivity index (χ0v) is 13.4. The molecule has 0 saturated carbocycles. The molecule has 0 aliphatic carbocycles. The van der Waals surface area contributed by atoms with E-state index in [2.05, 4.69) is 30.0 Å². The molecule has 110 valence electrons. The Morgan fingerprint density at radius 2 is 1.95 bits per heavy atom. The van der Waals surface area contributed by atoms with Crippen molar-refractivity contribution in [2.45, 2.75) is 33.7 Å². The number of benzene rings is 1. The third-order valence-corrected chi connectivity index (χ3v) is 3.09. The third kappa shape index (κ3) is 4.05. The Kier molecular flexibility index (Phi) is 5.34. The second-order valence-electron chi connectivity index (χ2n) is 5.04. The van der Waals surface area contributed by atoms with Crippen molar-refractivity contribution in [2.75, 3.05) is 0 Å². The normalized spacial score (nSPS) is 10.3. The highest BCUT2D eigenvalue weighted by molar-refractivity contribution is 6.35. The molecule has 1 aromatic carbocycles. The summed E-state index contributed by atoms with van der Waals surface area (Å²) < 4.78 is 1.87. The molecule has 3 aromatic rings. The fraction of sp³-hybridized carbons (Fsp3) is 0.294. The van der Waals surface area contributed by atoms with Crippen molar-refractivity contribution >= 4 is 22.5 Å². The van der Waals surface area contributed by atoms with Crippen molar-refractivity contribution in [2.24, 2.45) is 0 Å². The minimum atomic E-state index is 0.658. The van der Waals surface area contributed by atoms with E-state index in [1.54, 1.807) is 6.20 Å². The molecule has 0 saturated heterocycles. The van der Waals surface area contributed by atoms with Crippen LogP contribution in [0.25, 0.3) is 10.9 Å². The molecule has 4 heteroatoms. The zero-order valence-electron chi connectivity index (χ0n) is 12.7. The van der Waals surface area contributed by atoms with E-state index in [0.717, 1.165) is 22.2 Å². The maximum atomic E-state index is 6.19. The van der Waals surface area contributed by atoms with Crippen LogP contribution in [-0.2, 0) is 6.54 Å². The van der Waals surface area contributed by atoms with E-state index < -0.39 is 0 Å². The summed E-state index contributed by atoms with van der Waals surface area (Å²) in [5.41, 5.74) is 2.97. The molecule has 3 nitrogen and oxygen atoms in total. The van der Waals surface area contributed by atoms with E-state index in [0.29, 0.717) is 11.6 Å². The van der Waals surface area contributed by atoms with Crippen molar-refractivity contribution in [3.63, 3.8) is 0 Å². The van der Waals surface area contributed by atoms with Gasteiger partial charge < -0.3 is 0 Å². The standard InChI is InChI=1S/C14H12ClN3.C3H8/c1-10-6-11-8-18(17-14(11)13(15)7-10)9-12-4-2-3-5-16-12;1-3-2/h2-8H,9H2,1H3;3H2,1-2H3. The van der Waals surface area contributed by atoms with Crippen molar-refractivity contribution in [3.8, 4) is 0 Å². The lowest BCUT2D eigenvalue weighted by Gasteiger charge is -1.99. The SMILES string of the molecule is CCC.Cc1cc(Cl)c2nn(Cc3ccccn3)cc2c1. The Morgan fingerprint density at radius 3 is 2.62 bits per heavy atom. The molecular weight excluding hydrogens is 282 g/mol. The van der Waals surface area contributed by atoms with Crippen LogP contribution in [0.15, 0.2) is 42.7 Å². The van der Waals surface area contributed by atoms with Crippen LogP contribution in [0.4, 0.5) is 0 Å². The number of hydrogen-bond acceptors (Lipinski definition) is 2. The second kappa shape index (κ2) is 7.23. The lowest BCUT2D eigenvalue weighted by atomic mass is 10.2. The van der Waals surface area contributed by atoms with Crippen LogP contribution in [0.5, 0.6) is 0 Å². The van der Waals surface area contributed by atoms with Crippen LogP contribution in [0.2, 0.25) is 5.02 Å². The van der Waals surface area contributed by atoms with E-state index in [1.165, 1.54) is 6.42 Å². The molecule has 0 aliphatic rings. The number of halogens is 1. The predicted octanol–water partition coefficient (Wildman–Crippen LogP) is 4.86. The fourth-order valence-corrected chi connectivity index (χ4v) is 2.34. The summed E-state index contributed by atoms with van der Waals surface area (Å²) in [6.45, 7) is 6.94. The summed E-state index contributed by atoms with van der Waals surface area (Å²) in [5, 5.41) is 6.26. The van der Waals surface area contributed by atoms with E-state index >= 15 is 0 Å². The van der Waals surface area contributed by atoms with Gasteiger partial charge in [0.15, 0.2) is 0 Å². The average Bonchev–Trinajstić information content (AvgIpc) is 2.83. The van der Waals surface area contributed by atoms with Gasteiger partial charge in [-0.05, 0) is 36.8 Å². The van der Waals surface area contributed by atoms with Gasteiger partial charge in [0.1, 0.15) is 5.52 Å². The van der Waals surface area contributed by atoms with E-state index in [4.69, 9.17) is 11.6 Å². The van der Waals surface area contributed by atoms with E-state index in [1.807, 2.05) is 42.1 Å². The summed E-state index contributed by atoms with van der Waals surface area (Å²) in [6.07, 6.45) is 5.04. The van der Waals surface area contributed by atoms with Gasteiger partial charge in [0.2, 0.25) is 0 Å². The van der Waals surface area contributed by atoms with Gasteiger partial charge in [-0.1, -0.05) is 37.9 Å². The van der Waals surface area contributed by atoms with Gasteiger partial charge in [0.05, 0.1) is 17.3 Å². The highest BCUT2D eigenvalue weighted by Crippen LogP contribution is 2.23. The van der Waals surface area contributed by atoms with Crippen LogP contribution in [0.3, 0.4) is 0 Å². The Bertz CT molecular complexity index is 705. The number of fused-ring (bicyclic) bond motifs is 1. The number of nitrogens with zero attached hydrogens (tertiary/aromatic N) is 3. The van der Waals surface area contributed by atoms with Crippen LogP contribution in [0, 0.1) is 6.92 Å². The fourth-order valence-electron chi connectivity index (χ4n) is 2.02. The van der Waals surface area contributed by atoms with Gasteiger partial charge in [0.25, 0.3) is 0 Å². The predicted molar refractivity (Wildman–Crippen MR) is 88.8 cm³/mol. The summed E-state index contributed by atoms with van der Waals surface area (Å²) >= 11 is 6.19. The van der Waals surface area contributed by atoms with Crippen molar-refractivity contribution in [3.05, 3.63) is 59.0 Å². The van der Waals surface area contributed by atoms with Gasteiger partial charge in [-0.25, -0.2) is 0 Å². The molecule has 0 radical (unpaired) electrons. The van der Waals surface area contributed by atoms with Gasteiger partial charge >= 0.3 is 0 Å². The lowest BCUT2D eigenvalue weighted by Crippen LogP contribution is -2.01. The van der Waals surface area contributed by atoms with Gasteiger partial charge in [-0.15, -0.1) is 0 Å². The molecule has 0 amide bonds. The van der Waals surface area contributed by atoms with Crippen LogP contribution >= 0.6 is 11.6 Å². The number of hydrogen-bond donors (Lipinski definition) is 0. The molecule has 2 aromatic heterocycles. The maximum Gasteiger partial charge on any atom is 0.111 e. The van der Waals surface area contributed by atoms with Crippen molar-refractivity contribution in [1.29, 1.82) is 0 Å². The molecule has 0 bridgehead atoms. The first kappa shape index (κ1) is 15.5. The lowest BCUT2D eigenvalue weighted by molar-refractivity contribution is 0.681. The average molecular weight is 302 g/mol. The molecule has 0 spiro atoms. The Hall–Kier alpha value is -1.87. The molecule has 2 heterocycles. The van der Waals surface area contributed by atoms with E-state index in [9.17, 15) is 0 Å². The Balaban J connectivity index is 0.000000497. The van der Waals surface area contributed by atoms with Crippen LogP contribution < -0.4 is 0 Å². The number of aromatic nitrogens is 3. The van der Waals surface area contributed by atoms with Crippen LogP contribution in [0.1, 0.15) is 31.5 Å². The first-order chi connectivity index (χ1) is 10.1. The molecule has 0 unspecified atom stereocenters. The van der Waals surface area contributed by atoms with E-state index in [-0.39, 0.29) is 0 Å². The minimum Gasteiger partial charge on any atom is -0.265 e. The van der Waals surface area contributed by atoms with Crippen LogP contribution in [-0.4, -0.2) is 14.8 Å². The largest absolute Gasteiger partial charge is 0.265 e. The minimum absolute atomic E-state index is 0.658. The summed E-state index contributed by atoms with van der Waals surface area (Å²) in [5.74, 6) is 0. The highest BCUT2D eigenvalue weighted by atomic mass is 35.5. The molecule has 0 aliphatic heterocycles. The quantitative estimate of drug-likeness (QED) is 0.677. The molecule has 3 rings (SSSR count). The Morgan fingerprint density at radius 1 is 1.19 bits per heavy atom. The number of pyridine rings is 1. The van der Waals surface area contributed by atoms with Gasteiger partial charge in [0, 0.05) is 17.8 Å². The molecule has 0 fully saturated rings. The topological polar surface area (TPSA) is 30.7 Å². The van der Waals surface area contributed by atoms with Gasteiger partial charge in [-0.2, -0.15) is 5.10 Å². The summed E-state index contributed by atoms with van der Waals surface area (Å²) in [7, 11) is 0. The first-order valence-corrected chi connectivity index (χ1v) is 7.55. The second-order valence-corrected chi connectivity index (χ2v) is 5.45. The monoisotopic (exact) mass is 301 g/mol. The molecule has 21 heavy (non-hydrogen) atoms.